The molecule has 27 heavy (non-hydrogen) atoms. The highest BCUT2D eigenvalue weighted by atomic mass is 16.3. The van der Waals surface area contributed by atoms with Crippen LogP contribution in [0.5, 0.6) is 5.75 Å². The Morgan fingerprint density at radius 3 is 2.07 bits per heavy atom. The summed E-state index contributed by atoms with van der Waals surface area (Å²) in [7, 11) is 0. The van der Waals surface area contributed by atoms with Crippen molar-refractivity contribution in [2.24, 2.45) is 0 Å². The van der Waals surface area contributed by atoms with Gasteiger partial charge in [-0.2, -0.15) is 0 Å². The number of benzene rings is 4. The van der Waals surface area contributed by atoms with Crippen LogP contribution in [0, 0.1) is 0 Å². The van der Waals surface area contributed by atoms with E-state index in [1.807, 2.05) is 30.3 Å². The van der Waals surface area contributed by atoms with E-state index in [0.29, 0.717) is 6.54 Å². The van der Waals surface area contributed by atoms with E-state index in [9.17, 15) is 15.3 Å². The lowest BCUT2D eigenvalue weighted by Gasteiger charge is -2.27. The molecule has 0 unspecified atom stereocenters. The molecule has 0 radical (unpaired) electrons. The summed E-state index contributed by atoms with van der Waals surface area (Å²) in [6, 6.07) is 20.0. The van der Waals surface area contributed by atoms with Gasteiger partial charge in [-0.05, 0) is 51.6 Å². The van der Waals surface area contributed by atoms with Crippen LogP contribution in [0.3, 0.4) is 0 Å². The molecule has 4 N–H and O–H groups in total. The summed E-state index contributed by atoms with van der Waals surface area (Å²) >= 11 is 0. The van der Waals surface area contributed by atoms with Gasteiger partial charge in [0.05, 0.1) is 18.8 Å². The van der Waals surface area contributed by atoms with Crippen LogP contribution in [0.15, 0.2) is 60.7 Å². The lowest BCUT2D eigenvalue weighted by atomic mass is 9.93. The van der Waals surface area contributed by atoms with Crippen LogP contribution >= 0.6 is 0 Å². The average molecular weight is 361 g/mol. The second kappa shape index (κ2) is 6.82. The maximum Gasteiger partial charge on any atom is 0.123 e. The van der Waals surface area contributed by atoms with Crippen molar-refractivity contribution in [2.45, 2.75) is 19.0 Å². The van der Waals surface area contributed by atoms with Gasteiger partial charge in [0.1, 0.15) is 5.75 Å². The third kappa shape index (κ3) is 3.02. The normalized spacial score (nSPS) is 12.3. The zero-order valence-corrected chi connectivity index (χ0v) is 15.2. The number of aromatic hydroxyl groups is 1. The molecule has 0 atom stereocenters. The number of hydrogen-bond donors (Lipinski definition) is 4. The maximum absolute atomic E-state index is 10.2. The van der Waals surface area contributed by atoms with Crippen molar-refractivity contribution in [3.63, 3.8) is 0 Å². The number of hydrogen-bond acceptors (Lipinski definition) is 4. The minimum absolute atomic E-state index is 0.147. The molecule has 4 aromatic rings. The highest BCUT2D eigenvalue weighted by Crippen LogP contribution is 2.36. The maximum atomic E-state index is 10.2. The molecular formula is C23H23NO3. The molecule has 0 aliphatic heterocycles. The Bertz CT molecular complexity index is 1130. The van der Waals surface area contributed by atoms with Gasteiger partial charge in [0.15, 0.2) is 0 Å². The van der Waals surface area contributed by atoms with Gasteiger partial charge < -0.3 is 20.6 Å². The molecule has 0 amide bonds. The Morgan fingerprint density at radius 1 is 0.741 bits per heavy atom. The van der Waals surface area contributed by atoms with E-state index < -0.39 is 5.54 Å². The van der Waals surface area contributed by atoms with Crippen LogP contribution < -0.4 is 5.32 Å². The molecule has 4 nitrogen and oxygen atoms in total. The van der Waals surface area contributed by atoms with Gasteiger partial charge >= 0.3 is 0 Å². The molecular weight excluding hydrogens is 338 g/mol. The van der Waals surface area contributed by atoms with Gasteiger partial charge in [-0.25, -0.2) is 0 Å². The van der Waals surface area contributed by atoms with Gasteiger partial charge in [-0.3, -0.25) is 0 Å². The van der Waals surface area contributed by atoms with Gasteiger partial charge in [0.2, 0.25) is 0 Å². The minimum Gasteiger partial charge on any atom is -0.507 e. The first-order valence-electron chi connectivity index (χ1n) is 9.08. The first kappa shape index (κ1) is 17.7. The summed E-state index contributed by atoms with van der Waals surface area (Å²) < 4.78 is 0. The standard InChI is InChI=1S/C23H23NO3/c1-23(13-25,14-26)24-12-15-11-21-18-7-4-8-22(27)20(18)10-9-19(21)17-6-3-2-5-16(15)17/h2-11,24-27H,12-14H2,1H3. The average Bonchev–Trinajstić information content (AvgIpc) is 2.72. The van der Waals surface area contributed by atoms with E-state index >= 15 is 0 Å². The summed E-state index contributed by atoms with van der Waals surface area (Å²) in [4.78, 5) is 0. The van der Waals surface area contributed by atoms with E-state index in [-0.39, 0.29) is 19.0 Å². The quantitative estimate of drug-likeness (QED) is 0.409. The third-order valence-corrected chi connectivity index (χ3v) is 5.37. The Labute approximate surface area is 157 Å². The Morgan fingerprint density at radius 2 is 1.33 bits per heavy atom. The fourth-order valence-electron chi connectivity index (χ4n) is 3.62. The van der Waals surface area contributed by atoms with Crippen molar-refractivity contribution in [1.29, 1.82) is 0 Å². The van der Waals surface area contributed by atoms with Crippen LogP contribution in [0.25, 0.3) is 32.3 Å². The van der Waals surface area contributed by atoms with Gasteiger partial charge in [0.25, 0.3) is 0 Å². The largest absolute Gasteiger partial charge is 0.507 e. The second-order valence-electron chi connectivity index (χ2n) is 7.34. The molecule has 0 bridgehead atoms. The van der Waals surface area contributed by atoms with Gasteiger partial charge in [-0.15, -0.1) is 0 Å². The van der Waals surface area contributed by atoms with Crippen LogP contribution in [0.2, 0.25) is 0 Å². The van der Waals surface area contributed by atoms with Crippen molar-refractivity contribution >= 4 is 32.3 Å². The van der Waals surface area contributed by atoms with Gasteiger partial charge in [-0.1, -0.05) is 48.5 Å². The zero-order valence-electron chi connectivity index (χ0n) is 15.2. The molecule has 0 fully saturated rings. The Balaban J connectivity index is 1.96. The number of phenols is 1. The summed E-state index contributed by atoms with van der Waals surface area (Å²) in [5.41, 5.74) is 0.342. The number of nitrogens with one attached hydrogen (secondary N) is 1. The lowest BCUT2D eigenvalue weighted by Crippen LogP contribution is -2.48. The fraction of sp³-hybridized carbons (Fsp3) is 0.217. The summed E-state index contributed by atoms with van der Waals surface area (Å²) in [6.07, 6.45) is 0. The van der Waals surface area contributed by atoms with E-state index in [4.69, 9.17) is 0 Å². The molecule has 0 spiro atoms. The van der Waals surface area contributed by atoms with Crippen LogP contribution in [0.1, 0.15) is 12.5 Å². The molecule has 4 aromatic carbocycles. The van der Waals surface area contributed by atoms with Crippen molar-refractivity contribution in [3.05, 3.63) is 66.2 Å². The van der Waals surface area contributed by atoms with E-state index in [1.165, 1.54) is 0 Å². The minimum atomic E-state index is -0.743. The fourth-order valence-corrected chi connectivity index (χ4v) is 3.62. The van der Waals surface area contributed by atoms with Crippen molar-refractivity contribution in [1.82, 2.24) is 5.32 Å². The highest BCUT2D eigenvalue weighted by Gasteiger charge is 2.21. The molecule has 0 saturated carbocycles. The monoisotopic (exact) mass is 361 g/mol. The predicted octanol–water partition coefficient (Wildman–Crippen LogP) is 3.68. The Hall–Kier alpha value is -2.66. The van der Waals surface area contributed by atoms with Crippen LogP contribution in [-0.2, 0) is 6.54 Å². The topological polar surface area (TPSA) is 72.7 Å². The molecule has 4 rings (SSSR count). The van der Waals surface area contributed by atoms with E-state index in [0.717, 1.165) is 37.9 Å². The van der Waals surface area contributed by atoms with Crippen molar-refractivity contribution in [3.8, 4) is 5.75 Å². The number of rotatable bonds is 5. The van der Waals surface area contributed by atoms with Crippen LogP contribution in [0.4, 0.5) is 0 Å². The highest BCUT2D eigenvalue weighted by molar-refractivity contribution is 6.18. The molecule has 138 valence electrons. The SMILES string of the molecule is CC(CO)(CO)NCc1cc2c3cccc(O)c3ccc2c2ccccc12. The summed E-state index contributed by atoms with van der Waals surface area (Å²) in [5, 5.41) is 39.0. The number of aliphatic hydroxyl groups excluding tert-OH is 2. The second-order valence-corrected chi connectivity index (χ2v) is 7.34. The zero-order chi connectivity index (χ0) is 19.0. The molecule has 0 saturated heterocycles. The molecule has 0 aliphatic carbocycles. The lowest BCUT2D eigenvalue weighted by molar-refractivity contribution is 0.103. The van der Waals surface area contributed by atoms with Crippen molar-refractivity contribution < 1.29 is 15.3 Å². The Kier molecular flexibility index (Phi) is 4.48. The molecule has 0 aliphatic rings. The van der Waals surface area contributed by atoms with Crippen molar-refractivity contribution in [2.75, 3.05) is 13.2 Å². The summed E-state index contributed by atoms with van der Waals surface area (Å²) in [5.74, 6) is 0.273. The molecule has 0 heterocycles. The van der Waals surface area contributed by atoms with E-state index in [2.05, 4.69) is 29.6 Å². The first-order valence-corrected chi connectivity index (χ1v) is 9.08. The number of aliphatic hydroxyl groups is 2. The molecule has 0 aromatic heterocycles. The summed E-state index contributed by atoms with van der Waals surface area (Å²) in [6.45, 7) is 2.02. The first-order chi connectivity index (χ1) is 13.1. The van der Waals surface area contributed by atoms with Crippen LogP contribution in [-0.4, -0.2) is 34.1 Å². The number of fused-ring (bicyclic) bond motifs is 5. The van der Waals surface area contributed by atoms with E-state index in [1.54, 1.807) is 13.0 Å². The third-order valence-electron chi connectivity index (χ3n) is 5.37. The smallest absolute Gasteiger partial charge is 0.123 e. The predicted molar refractivity (Wildman–Crippen MR) is 110 cm³/mol. The molecule has 4 heteroatoms. The van der Waals surface area contributed by atoms with Gasteiger partial charge in [0, 0.05) is 11.9 Å². The number of phenolic OH excluding ortho intramolecular Hbond substituents is 1.